The summed E-state index contributed by atoms with van der Waals surface area (Å²) in [6, 6.07) is 8.80. The van der Waals surface area contributed by atoms with Crippen molar-refractivity contribution in [2.24, 2.45) is 18.0 Å². The number of hydrogen-bond donors (Lipinski definition) is 1. The van der Waals surface area contributed by atoms with Crippen LogP contribution in [0.5, 0.6) is 0 Å². The van der Waals surface area contributed by atoms with E-state index in [0.717, 1.165) is 30.7 Å². The topological polar surface area (TPSA) is 75.4 Å². The Kier molecular flexibility index (Phi) is 4.83. The SMILES string of the molecule is C[C@@H]1C[C@H](c2ccc(C3C=N3)c3ncccc23)CN(CC(=O)Nc2cnn(C)c2)C1. The van der Waals surface area contributed by atoms with Crippen LogP contribution in [0.1, 0.15) is 36.4 Å². The van der Waals surface area contributed by atoms with E-state index in [1.54, 1.807) is 10.9 Å². The Balaban J connectivity index is 1.35. The second kappa shape index (κ2) is 7.65. The Morgan fingerprint density at radius 2 is 2.07 bits per heavy atom. The van der Waals surface area contributed by atoms with Gasteiger partial charge in [0.15, 0.2) is 0 Å². The maximum Gasteiger partial charge on any atom is 0.238 e. The number of fused-ring (bicyclic) bond motifs is 1. The van der Waals surface area contributed by atoms with E-state index in [1.807, 2.05) is 31.7 Å². The molecule has 2 aliphatic heterocycles. The van der Waals surface area contributed by atoms with E-state index in [1.165, 1.54) is 16.5 Å². The Morgan fingerprint density at radius 3 is 2.83 bits per heavy atom. The number of nitrogens with zero attached hydrogens (tertiary/aromatic N) is 5. The lowest BCUT2D eigenvalue weighted by Crippen LogP contribution is -2.42. The van der Waals surface area contributed by atoms with Gasteiger partial charge in [0.1, 0.15) is 6.04 Å². The summed E-state index contributed by atoms with van der Waals surface area (Å²) in [6.07, 6.45) is 8.42. The Bertz CT molecular complexity index is 1110. The number of carbonyl (C=O) groups excluding carboxylic acids is 1. The van der Waals surface area contributed by atoms with Gasteiger partial charge in [0.2, 0.25) is 5.91 Å². The van der Waals surface area contributed by atoms with Crippen molar-refractivity contribution in [3.63, 3.8) is 0 Å². The zero-order valence-electron chi connectivity index (χ0n) is 17.3. The smallest absolute Gasteiger partial charge is 0.238 e. The van der Waals surface area contributed by atoms with E-state index in [-0.39, 0.29) is 11.9 Å². The highest BCUT2D eigenvalue weighted by atomic mass is 16.2. The van der Waals surface area contributed by atoms with Gasteiger partial charge in [0, 0.05) is 49.7 Å². The van der Waals surface area contributed by atoms with Gasteiger partial charge in [-0.2, -0.15) is 5.10 Å². The van der Waals surface area contributed by atoms with Crippen molar-refractivity contribution in [1.82, 2.24) is 19.7 Å². The predicted octanol–water partition coefficient (Wildman–Crippen LogP) is 3.16. The molecule has 2 aliphatic rings. The molecule has 30 heavy (non-hydrogen) atoms. The van der Waals surface area contributed by atoms with Gasteiger partial charge in [0.25, 0.3) is 0 Å². The molecule has 1 saturated heterocycles. The van der Waals surface area contributed by atoms with Crippen molar-refractivity contribution < 1.29 is 4.79 Å². The molecular formula is C23H26N6O. The second-order valence-electron chi connectivity index (χ2n) is 8.57. The number of nitrogens with one attached hydrogen (secondary N) is 1. The van der Waals surface area contributed by atoms with Crippen LogP contribution in [0.15, 0.2) is 47.8 Å². The first-order valence-electron chi connectivity index (χ1n) is 10.5. The summed E-state index contributed by atoms with van der Waals surface area (Å²) in [7, 11) is 1.84. The summed E-state index contributed by atoms with van der Waals surface area (Å²) in [5.41, 5.74) is 4.30. The molecule has 4 heterocycles. The highest BCUT2D eigenvalue weighted by molar-refractivity contribution is 5.93. The average Bonchev–Trinajstić information content (AvgIpc) is 3.48. The molecule has 154 valence electrons. The molecule has 3 aromatic rings. The van der Waals surface area contributed by atoms with Crippen molar-refractivity contribution in [1.29, 1.82) is 0 Å². The van der Waals surface area contributed by atoms with Crippen molar-refractivity contribution >= 4 is 28.7 Å². The van der Waals surface area contributed by atoms with Crippen LogP contribution in [0.25, 0.3) is 10.9 Å². The zero-order valence-corrected chi connectivity index (χ0v) is 17.3. The van der Waals surface area contributed by atoms with Gasteiger partial charge in [-0.15, -0.1) is 0 Å². The molecule has 1 fully saturated rings. The molecule has 7 heteroatoms. The molecule has 0 aliphatic carbocycles. The molecule has 2 aromatic heterocycles. The number of likely N-dealkylation sites (tertiary alicyclic amines) is 1. The number of pyridine rings is 1. The summed E-state index contributed by atoms with van der Waals surface area (Å²) in [6.45, 7) is 4.46. The number of carbonyl (C=O) groups is 1. The van der Waals surface area contributed by atoms with Crippen molar-refractivity contribution in [2.75, 3.05) is 25.0 Å². The fourth-order valence-electron chi connectivity index (χ4n) is 4.72. The first-order valence-corrected chi connectivity index (χ1v) is 10.5. The minimum absolute atomic E-state index is 0.00334. The molecule has 5 rings (SSSR count). The van der Waals surface area contributed by atoms with Crippen LogP contribution < -0.4 is 5.32 Å². The number of aryl methyl sites for hydroxylation is 1. The Hall–Kier alpha value is -3.06. The van der Waals surface area contributed by atoms with Crippen LogP contribution in [0.4, 0.5) is 5.69 Å². The number of benzene rings is 1. The molecule has 0 saturated carbocycles. The highest BCUT2D eigenvalue weighted by Crippen LogP contribution is 2.37. The standard InChI is InChI=1S/C23H26N6O/c1-15-8-16(12-29(11-15)14-22(30)27-17-9-26-28(2)13-17)18-5-6-20(21-10-25-21)23-19(18)4-3-7-24-23/h3-7,9-10,13,15-16,21H,8,11-12,14H2,1-2H3,(H,27,30)/t15-,16+,21?/m1/s1. The summed E-state index contributed by atoms with van der Waals surface area (Å²) in [5.74, 6) is 0.900. The van der Waals surface area contributed by atoms with E-state index in [2.05, 4.69) is 50.4 Å². The minimum atomic E-state index is 0.00334. The molecule has 3 atom stereocenters. The largest absolute Gasteiger partial charge is 0.322 e. The van der Waals surface area contributed by atoms with E-state index in [0.29, 0.717) is 18.4 Å². The van der Waals surface area contributed by atoms with E-state index < -0.39 is 0 Å². The number of hydrogen-bond acceptors (Lipinski definition) is 5. The second-order valence-corrected chi connectivity index (χ2v) is 8.57. The molecule has 1 amide bonds. The fourth-order valence-corrected chi connectivity index (χ4v) is 4.72. The van der Waals surface area contributed by atoms with Crippen LogP contribution in [0.3, 0.4) is 0 Å². The Morgan fingerprint density at radius 1 is 1.23 bits per heavy atom. The molecule has 0 radical (unpaired) electrons. The van der Waals surface area contributed by atoms with Gasteiger partial charge in [-0.25, -0.2) is 0 Å². The fraction of sp³-hybridized carbons (Fsp3) is 0.391. The number of aromatic nitrogens is 3. The summed E-state index contributed by atoms with van der Waals surface area (Å²) < 4.78 is 1.68. The third-order valence-electron chi connectivity index (χ3n) is 5.98. The third kappa shape index (κ3) is 3.85. The first-order chi connectivity index (χ1) is 14.6. The number of amides is 1. The first kappa shape index (κ1) is 18.9. The van der Waals surface area contributed by atoms with Crippen molar-refractivity contribution in [2.45, 2.75) is 25.3 Å². The number of aliphatic imine (C=N–C) groups is 1. The van der Waals surface area contributed by atoms with Gasteiger partial charge < -0.3 is 5.32 Å². The van der Waals surface area contributed by atoms with Crippen LogP contribution in [0, 0.1) is 5.92 Å². The lowest BCUT2D eigenvalue weighted by molar-refractivity contribution is -0.117. The zero-order chi connectivity index (χ0) is 20.7. The maximum absolute atomic E-state index is 12.6. The quantitative estimate of drug-likeness (QED) is 0.711. The van der Waals surface area contributed by atoms with Crippen molar-refractivity contribution in [3.8, 4) is 0 Å². The number of piperidine rings is 1. The molecule has 1 aromatic carbocycles. The highest BCUT2D eigenvalue weighted by Gasteiger charge is 2.29. The van der Waals surface area contributed by atoms with Gasteiger partial charge in [-0.3, -0.25) is 24.4 Å². The van der Waals surface area contributed by atoms with Crippen LogP contribution in [-0.2, 0) is 11.8 Å². The van der Waals surface area contributed by atoms with Crippen LogP contribution in [-0.4, -0.2) is 51.4 Å². The van der Waals surface area contributed by atoms with E-state index in [9.17, 15) is 4.79 Å². The molecular weight excluding hydrogens is 376 g/mol. The lowest BCUT2D eigenvalue weighted by Gasteiger charge is -2.36. The normalized spacial score (nSPS) is 23.6. The maximum atomic E-state index is 12.6. The van der Waals surface area contributed by atoms with Crippen LogP contribution in [0.2, 0.25) is 0 Å². The van der Waals surface area contributed by atoms with Crippen LogP contribution >= 0.6 is 0 Å². The summed E-state index contributed by atoms with van der Waals surface area (Å²) >= 11 is 0. The summed E-state index contributed by atoms with van der Waals surface area (Å²) in [4.78, 5) is 23.8. The third-order valence-corrected chi connectivity index (χ3v) is 5.98. The van der Waals surface area contributed by atoms with E-state index >= 15 is 0 Å². The van der Waals surface area contributed by atoms with Gasteiger partial charge in [0.05, 0.1) is 23.9 Å². The number of anilines is 1. The van der Waals surface area contributed by atoms with Gasteiger partial charge >= 0.3 is 0 Å². The summed E-state index contributed by atoms with van der Waals surface area (Å²) in [5, 5.41) is 8.27. The minimum Gasteiger partial charge on any atom is -0.322 e. The predicted molar refractivity (Wildman–Crippen MR) is 118 cm³/mol. The van der Waals surface area contributed by atoms with Gasteiger partial charge in [-0.1, -0.05) is 25.1 Å². The molecule has 1 N–H and O–H groups in total. The number of rotatable bonds is 5. The van der Waals surface area contributed by atoms with Gasteiger partial charge in [-0.05, 0) is 29.9 Å². The van der Waals surface area contributed by atoms with Crippen molar-refractivity contribution in [3.05, 3.63) is 54.0 Å². The van der Waals surface area contributed by atoms with E-state index in [4.69, 9.17) is 0 Å². The lowest BCUT2D eigenvalue weighted by atomic mass is 9.83. The Labute approximate surface area is 175 Å². The molecule has 0 spiro atoms. The monoisotopic (exact) mass is 402 g/mol. The average molecular weight is 403 g/mol. The molecule has 7 nitrogen and oxygen atoms in total. The molecule has 1 unspecified atom stereocenters. The molecule has 0 bridgehead atoms.